The molecule has 9 heteroatoms. The number of imidazole rings is 1. The van der Waals surface area contributed by atoms with Crippen molar-refractivity contribution in [2.75, 3.05) is 6.61 Å². The molecule has 2 atom stereocenters. The summed E-state index contributed by atoms with van der Waals surface area (Å²) < 4.78 is 43.0. The van der Waals surface area contributed by atoms with Gasteiger partial charge in [0, 0.05) is 17.0 Å². The molecule has 1 aromatic heterocycles. The van der Waals surface area contributed by atoms with Crippen LogP contribution in [0.15, 0.2) is 54.1 Å². The third-order valence-electron chi connectivity index (χ3n) is 6.57. The Hall–Kier alpha value is -2.48. The number of allylic oxidation sites excluding steroid dienone is 4. The average Bonchev–Trinajstić information content (AvgIpc) is 3.52. The fraction of sp³-hybridized carbons (Fsp3) is 0.346. The summed E-state index contributed by atoms with van der Waals surface area (Å²) in [6.07, 6.45) is 6.11. The van der Waals surface area contributed by atoms with E-state index >= 15 is 0 Å². The summed E-state index contributed by atoms with van der Waals surface area (Å²) in [7, 11) is 0. The Balaban J connectivity index is 1.48. The molecule has 5 rings (SSSR count). The van der Waals surface area contributed by atoms with Crippen LogP contribution in [0.25, 0.3) is 22.2 Å². The van der Waals surface area contributed by atoms with Crippen molar-refractivity contribution in [3.63, 3.8) is 0 Å². The third-order valence-corrected chi connectivity index (χ3v) is 7.23. The molecule has 2 aromatic carbocycles. The van der Waals surface area contributed by atoms with Crippen LogP contribution in [0, 0.1) is 11.8 Å². The van der Waals surface area contributed by atoms with Crippen molar-refractivity contribution >= 4 is 34.2 Å². The molecule has 0 radical (unpaired) electrons. The zero-order valence-electron chi connectivity index (χ0n) is 18.6. The Morgan fingerprint density at radius 1 is 1.20 bits per heavy atom. The van der Waals surface area contributed by atoms with Crippen LogP contribution >= 0.6 is 23.2 Å². The Morgan fingerprint density at radius 2 is 1.97 bits per heavy atom. The van der Waals surface area contributed by atoms with Gasteiger partial charge in [0.05, 0.1) is 22.2 Å². The first kappa shape index (κ1) is 24.2. The number of rotatable bonds is 7. The molecule has 0 aliphatic heterocycles. The fourth-order valence-electron chi connectivity index (χ4n) is 4.62. The average molecular weight is 523 g/mol. The van der Waals surface area contributed by atoms with Crippen LogP contribution in [0.5, 0.6) is 5.75 Å². The van der Waals surface area contributed by atoms with E-state index in [0.29, 0.717) is 16.9 Å². The number of aromatic nitrogens is 2. The first-order valence-corrected chi connectivity index (χ1v) is 12.2. The minimum Gasteiger partial charge on any atom is -0.405 e. The Bertz CT molecular complexity index is 1310. The molecule has 184 valence electrons. The number of nitrogens with zero attached hydrogens (tertiary/aromatic N) is 1. The van der Waals surface area contributed by atoms with E-state index in [9.17, 15) is 18.3 Å². The van der Waals surface area contributed by atoms with E-state index in [1.54, 1.807) is 12.1 Å². The Kier molecular flexibility index (Phi) is 6.59. The number of hydrogen-bond acceptors (Lipinski definition) is 3. The number of aliphatic hydroxyl groups is 1. The van der Waals surface area contributed by atoms with Gasteiger partial charge in [0.15, 0.2) is 0 Å². The number of para-hydroxylation sites is 1. The molecule has 1 heterocycles. The highest BCUT2D eigenvalue weighted by atomic mass is 35.5. The zero-order valence-corrected chi connectivity index (χ0v) is 20.1. The molecule has 3 aromatic rings. The topological polar surface area (TPSA) is 58.1 Å². The highest BCUT2D eigenvalue weighted by molar-refractivity contribution is 6.42. The molecule has 0 spiro atoms. The number of halogens is 5. The van der Waals surface area contributed by atoms with Gasteiger partial charge < -0.3 is 14.8 Å². The second-order valence-corrected chi connectivity index (χ2v) is 9.87. The van der Waals surface area contributed by atoms with Gasteiger partial charge >= 0.3 is 6.36 Å². The summed E-state index contributed by atoms with van der Waals surface area (Å²) in [4.78, 5) is 7.85. The molecular weight excluding hydrogens is 500 g/mol. The minimum atomic E-state index is -4.87. The predicted octanol–water partition coefficient (Wildman–Crippen LogP) is 7.81. The van der Waals surface area contributed by atoms with Crippen LogP contribution in [0.3, 0.4) is 0 Å². The van der Waals surface area contributed by atoms with E-state index in [2.05, 4.69) is 32.9 Å². The van der Waals surface area contributed by atoms with E-state index in [1.165, 1.54) is 36.6 Å². The SMILES string of the molecule is OCC(c1nc2c(Cl)c(-c3ccccc3OC(F)(F)F)c(Cl)cc2[nH]1)C1C=CC(CC2CC2)=CC1. The third kappa shape index (κ3) is 5.22. The number of aliphatic hydroxyl groups excluding tert-OH is 1. The maximum Gasteiger partial charge on any atom is 0.573 e. The van der Waals surface area contributed by atoms with Gasteiger partial charge in [-0.25, -0.2) is 4.98 Å². The standard InChI is InChI=1S/C26H23Cl2F3N2O2/c27-19-12-20-24(23(28)22(19)17-3-1-2-4-21(17)35-26(29,30)31)33-25(32-20)18(13-34)16-9-7-15(8-10-16)11-14-5-6-14/h1-4,7-9,12,14,16,18,34H,5-6,10-11,13H2,(H,32,33). The van der Waals surface area contributed by atoms with Crippen LogP contribution in [-0.2, 0) is 0 Å². The molecule has 1 saturated carbocycles. The van der Waals surface area contributed by atoms with E-state index in [0.717, 1.165) is 18.8 Å². The van der Waals surface area contributed by atoms with Gasteiger partial charge in [-0.3, -0.25) is 0 Å². The number of benzene rings is 2. The summed E-state index contributed by atoms with van der Waals surface area (Å²) in [5, 5.41) is 10.4. The smallest absolute Gasteiger partial charge is 0.405 e. The molecule has 4 nitrogen and oxygen atoms in total. The van der Waals surface area contributed by atoms with Crippen molar-refractivity contribution in [3.8, 4) is 16.9 Å². The molecule has 2 aliphatic rings. The van der Waals surface area contributed by atoms with Gasteiger partial charge in [-0.1, -0.05) is 65.2 Å². The van der Waals surface area contributed by atoms with Crippen LogP contribution in [0.1, 0.15) is 37.4 Å². The maximum atomic E-state index is 12.9. The monoisotopic (exact) mass is 522 g/mol. The predicted molar refractivity (Wildman–Crippen MR) is 131 cm³/mol. The highest BCUT2D eigenvalue weighted by Crippen LogP contribution is 2.45. The van der Waals surface area contributed by atoms with Crippen LogP contribution in [-0.4, -0.2) is 28.0 Å². The summed E-state index contributed by atoms with van der Waals surface area (Å²) in [5.41, 5.74) is 2.55. The van der Waals surface area contributed by atoms with Crippen molar-refractivity contribution in [1.82, 2.24) is 9.97 Å². The number of aromatic amines is 1. The van der Waals surface area contributed by atoms with E-state index in [-0.39, 0.29) is 39.6 Å². The van der Waals surface area contributed by atoms with E-state index in [1.807, 2.05) is 0 Å². The molecular formula is C26H23Cl2F3N2O2. The van der Waals surface area contributed by atoms with Crippen molar-refractivity contribution in [3.05, 3.63) is 70.0 Å². The van der Waals surface area contributed by atoms with Crippen molar-refractivity contribution < 1.29 is 23.0 Å². The molecule has 0 saturated heterocycles. The van der Waals surface area contributed by atoms with Gasteiger partial charge in [0.1, 0.15) is 17.1 Å². The van der Waals surface area contributed by atoms with Crippen molar-refractivity contribution in [1.29, 1.82) is 0 Å². The van der Waals surface area contributed by atoms with Crippen molar-refractivity contribution in [2.45, 2.75) is 38.0 Å². The summed E-state index contributed by atoms with van der Waals surface area (Å²) in [5.74, 6) is 0.702. The summed E-state index contributed by atoms with van der Waals surface area (Å²) in [6.45, 7) is -0.124. The molecule has 2 unspecified atom stereocenters. The zero-order chi connectivity index (χ0) is 24.7. The van der Waals surface area contributed by atoms with Gasteiger partial charge in [0.2, 0.25) is 0 Å². The van der Waals surface area contributed by atoms with Crippen LogP contribution in [0.2, 0.25) is 10.0 Å². The first-order chi connectivity index (χ1) is 16.7. The summed E-state index contributed by atoms with van der Waals surface area (Å²) >= 11 is 13.1. The Morgan fingerprint density at radius 3 is 2.63 bits per heavy atom. The summed E-state index contributed by atoms with van der Waals surface area (Å²) in [6, 6.07) is 7.26. The maximum absolute atomic E-state index is 12.9. The van der Waals surface area contributed by atoms with Gasteiger partial charge in [-0.05, 0) is 49.7 Å². The molecule has 0 bridgehead atoms. The van der Waals surface area contributed by atoms with Crippen molar-refractivity contribution in [2.24, 2.45) is 11.8 Å². The highest BCUT2D eigenvalue weighted by Gasteiger charge is 2.33. The second-order valence-electron chi connectivity index (χ2n) is 9.08. The Labute approximate surface area is 210 Å². The van der Waals surface area contributed by atoms with Crippen LogP contribution < -0.4 is 4.74 Å². The molecule has 1 fully saturated rings. The molecule has 2 N–H and O–H groups in total. The lowest BCUT2D eigenvalue weighted by Gasteiger charge is -2.23. The van der Waals surface area contributed by atoms with Gasteiger partial charge in [0.25, 0.3) is 0 Å². The second kappa shape index (κ2) is 9.52. The molecule has 2 aliphatic carbocycles. The number of fused-ring (bicyclic) bond motifs is 1. The quantitative estimate of drug-likeness (QED) is 0.332. The lowest BCUT2D eigenvalue weighted by atomic mass is 9.84. The van der Waals surface area contributed by atoms with Gasteiger partial charge in [-0.15, -0.1) is 13.2 Å². The number of H-pyrrole nitrogens is 1. The van der Waals surface area contributed by atoms with E-state index < -0.39 is 12.1 Å². The lowest BCUT2D eigenvalue weighted by molar-refractivity contribution is -0.274. The lowest BCUT2D eigenvalue weighted by Crippen LogP contribution is -2.17. The fourth-order valence-corrected chi connectivity index (χ4v) is 5.32. The largest absolute Gasteiger partial charge is 0.573 e. The van der Waals surface area contributed by atoms with E-state index in [4.69, 9.17) is 23.2 Å². The minimum absolute atomic E-state index is 0.0538. The molecule has 35 heavy (non-hydrogen) atoms. The van der Waals surface area contributed by atoms with Gasteiger partial charge in [-0.2, -0.15) is 0 Å². The number of ether oxygens (including phenoxy) is 1. The first-order valence-electron chi connectivity index (χ1n) is 11.4. The number of alkyl halides is 3. The normalized spacial score (nSPS) is 19.1. The number of nitrogens with one attached hydrogen (secondary N) is 1. The van der Waals surface area contributed by atoms with Crippen LogP contribution in [0.4, 0.5) is 13.2 Å². The number of hydrogen-bond donors (Lipinski definition) is 2. The molecule has 0 amide bonds.